The Kier molecular flexibility index (Phi) is 12.6. The molecule has 3 N–H and O–H groups in total. The molecule has 0 bridgehead atoms. The number of hydrogen-bond acceptors (Lipinski definition) is 6. The second-order valence-electron chi connectivity index (χ2n) is 11.5. The van der Waals surface area contributed by atoms with Crippen molar-refractivity contribution in [1.29, 1.82) is 0 Å². The Morgan fingerprint density at radius 2 is 1.60 bits per heavy atom. The van der Waals surface area contributed by atoms with Crippen LogP contribution in [-0.4, -0.2) is 52.2 Å². The summed E-state index contributed by atoms with van der Waals surface area (Å²) >= 11 is 0. The molecule has 2 aromatic carbocycles. The molecule has 0 aromatic heterocycles. The van der Waals surface area contributed by atoms with Gasteiger partial charge in [0.2, 0.25) is 5.91 Å². The number of ether oxygens (including phenoxy) is 2. The van der Waals surface area contributed by atoms with Crippen LogP contribution in [0.1, 0.15) is 99.7 Å². The number of aliphatic carboxylic acids is 1. The highest BCUT2D eigenvalue weighted by Crippen LogP contribution is 2.39. The third-order valence-corrected chi connectivity index (χ3v) is 8.27. The number of rotatable bonds is 16. The zero-order chi connectivity index (χ0) is 29.7. The van der Waals surface area contributed by atoms with E-state index in [1.54, 1.807) is 0 Å². The summed E-state index contributed by atoms with van der Waals surface area (Å²) in [5.41, 5.74) is 3.54. The highest BCUT2D eigenvalue weighted by atomic mass is 16.7. The SMILES string of the molecule is C=CCN(C[C@H]1C[C@@H](c2ccc(CO)cc2)O[C@@H](c2ccc(NC(=O)CCCCCCC(=O)O)cc2)O1)C1CCCC1. The fourth-order valence-corrected chi connectivity index (χ4v) is 5.96. The summed E-state index contributed by atoms with van der Waals surface area (Å²) < 4.78 is 13.1. The van der Waals surface area contributed by atoms with Gasteiger partial charge in [-0.25, -0.2) is 0 Å². The van der Waals surface area contributed by atoms with Gasteiger partial charge >= 0.3 is 5.97 Å². The van der Waals surface area contributed by atoms with Crippen molar-refractivity contribution in [3.63, 3.8) is 0 Å². The van der Waals surface area contributed by atoms with E-state index >= 15 is 0 Å². The van der Waals surface area contributed by atoms with E-state index in [0.717, 1.165) is 61.2 Å². The van der Waals surface area contributed by atoms with Crippen LogP contribution >= 0.6 is 0 Å². The molecule has 228 valence electrons. The number of carbonyl (C=O) groups is 2. The lowest BCUT2D eigenvalue weighted by atomic mass is 9.99. The quantitative estimate of drug-likeness (QED) is 0.154. The smallest absolute Gasteiger partial charge is 0.303 e. The molecule has 0 unspecified atom stereocenters. The molecule has 1 heterocycles. The van der Waals surface area contributed by atoms with E-state index in [2.05, 4.69) is 16.8 Å². The first-order chi connectivity index (χ1) is 20.4. The summed E-state index contributed by atoms with van der Waals surface area (Å²) in [5, 5.41) is 21.2. The van der Waals surface area contributed by atoms with Crippen molar-refractivity contribution in [3.05, 3.63) is 77.9 Å². The van der Waals surface area contributed by atoms with Gasteiger partial charge in [-0.1, -0.05) is 68.2 Å². The number of anilines is 1. The highest BCUT2D eigenvalue weighted by molar-refractivity contribution is 5.90. The maximum Gasteiger partial charge on any atom is 0.303 e. The van der Waals surface area contributed by atoms with E-state index in [-0.39, 0.29) is 31.1 Å². The molecule has 0 radical (unpaired) electrons. The number of amides is 1. The fourth-order valence-electron chi connectivity index (χ4n) is 5.96. The number of nitrogens with one attached hydrogen (secondary N) is 1. The molecule has 2 fully saturated rings. The minimum absolute atomic E-state index is 0.00768. The number of carboxylic acid groups (broad SMARTS) is 1. The third-order valence-electron chi connectivity index (χ3n) is 8.27. The molecule has 3 atom stereocenters. The Bertz CT molecular complexity index is 1130. The van der Waals surface area contributed by atoms with E-state index in [1.165, 1.54) is 25.7 Å². The van der Waals surface area contributed by atoms with Crippen molar-refractivity contribution in [2.45, 2.75) is 102 Å². The highest BCUT2D eigenvalue weighted by Gasteiger charge is 2.34. The van der Waals surface area contributed by atoms with Crippen molar-refractivity contribution in [1.82, 2.24) is 4.90 Å². The summed E-state index contributed by atoms with van der Waals surface area (Å²) in [7, 11) is 0. The van der Waals surface area contributed by atoms with Crippen molar-refractivity contribution < 1.29 is 29.3 Å². The van der Waals surface area contributed by atoms with E-state index in [0.29, 0.717) is 18.9 Å². The zero-order valence-corrected chi connectivity index (χ0v) is 24.6. The van der Waals surface area contributed by atoms with Crippen molar-refractivity contribution in [2.75, 3.05) is 18.4 Å². The minimum atomic E-state index is -0.776. The fraction of sp³-hybridized carbons (Fsp3) is 0.529. The molecule has 2 aliphatic rings. The molecular formula is C34H46N2O6. The molecule has 1 amide bonds. The number of nitrogens with zero attached hydrogens (tertiary/aromatic N) is 1. The molecule has 1 saturated carbocycles. The third kappa shape index (κ3) is 9.76. The van der Waals surface area contributed by atoms with Gasteiger partial charge in [0.15, 0.2) is 6.29 Å². The Balaban J connectivity index is 1.39. The van der Waals surface area contributed by atoms with Gasteiger partial charge in [-0.3, -0.25) is 14.5 Å². The molecule has 8 nitrogen and oxygen atoms in total. The summed E-state index contributed by atoms with van der Waals surface area (Å²) in [6, 6.07) is 16.1. The van der Waals surface area contributed by atoms with E-state index in [4.69, 9.17) is 14.6 Å². The van der Waals surface area contributed by atoms with Gasteiger partial charge in [-0.2, -0.15) is 0 Å². The number of aliphatic hydroxyl groups is 1. The van der Waals surface area contributed by atoms with Gasteiger partial charge in [-0.05, 0) is 48.9 Å². The van der Waals surface area contributed by atoms with Crippen LogP contribution in [0.2, 0.25) is 0 Å². The maximum atomic E-state index is 12.4. The predicted octanol–water partition coefficient (Wildman–Crippen LogP) is 6.52. The van der Waals surface area contributed by atoms with E-state index < -0.39 is 12.3 Å². The first kappa shape index (κ1) is 31.9. The minimum Gasteiger partial charge on any atom is -0.481 e. The Labute approximate surface area is 249 Å². The lowest BCUT2D eigenvalue weighted by Gasteiger charge is -2.39. The molecule has 42 heavy (non-hydrogen) atoms. The average molecular weight is 579 g/mol. The van der Waals surface area contributed by atoms with Crippen LogP contribution in [0.5, 0.6) is 0 Å². The van der Waals surface area contributed by atoms with Crippen LogP contribution in [0.3, 0.4) is 0 Å². The monoisotopic (exact) mass is 578 g/mol. The van der Waals surface area contributed by atoms with Crippen molar-refractivity contribution in [3.8, 4) is 0 Å². The number of aliphatic hydroxyl groups excluding tert-OH is 1. The van der Waals surface area contributed by atoms with Gasteiger partial charge in [0.1, 0.15) is 0 Å². The van der Waals surface area contributed by atoms with Crippen LogP contribution < -0.4 is 5.32 Å². The van der Waals surface area contributed by atoms with Crippen LogP contribution in [0.25, 0.3) is 0 Å². The normalized spacial score (nSPS) is 21.0. The second-order valence-corrected chi connectivity index (χ2v) is 11.5. The molecule has 1 saturated heterocycles. The van der Waals surface area contributed by atoms with E-state index in [1.807, 2.05) is 54.6 Å². The largest absolute Gasteiger partial charge is 0.481 e. The van der Waals surface area contributed by atoms with E-state index in [9.17, 15) is 14.7 Å². The number of unbranched alkanes of at least 4 members (excludes halogenated alkanes) is 3. The lowest BCUT2D eigenvalue weighted by Crippen LogP contribution is -2.43. The van der Waals surface area contributed by atoms with Gasteiger partial charge in [0.05, 0.1) is 18.8 Å². The molecular weight excluding hydrogens is 532 g/mol. The molecule has 1 aliphatic heterocycles. The standard InChI is InChI=1S/C34H46N2O6/c1-2-21-36(29-9-7-8-10-29)23-30-22-31(26-15-13-25(24-37)14-16-26)42-34(41-30)27-17-19-28(20-18-27)35-32(38)11-5-3-4-6-12-33(39)40/h2,13-20,29-31,34,37H,1,3-12,21-24H2,(H,35,38)(H,39,40)/t30-,31+,34+/m1/s1. The zero-order valence-electron chi connectivity index (χ0n) is 24.6. The second kappa shape index (κ2) is 16.6. The van der Waals surface area contributed by atoms with Gasteiger partial charge in [0.25, 0.3) is 0 Å². The Hall–Kier alpha value is -3.04. The van der Waals surface area contributed by atoms with Crippen molar-refractivity contribution in [2.24, 2.45) is 0 Å². The summed E-state index contributed by atoms with van der Waals surface area (Å²) in [4.78, 5) is 25.5. The first-order valence-electron chi connectivity index (χ1n) is 15.4. The van der Waals surface area contributed by atoms with Gasteiger partial charge in [0, 0.05) is 49.6 Å². The van der Waals surface area contributed by atoms with Gasteiger partial charge in [-0.15, -0.1) is 6.58 Å². The van der Waals surface area contributed by atoms with Crippen LogP contribution in [0, 0.1) is 0 Å². The van der Waals surface area contributed by atoms with Crippen molar-refractivity contribution >= 4 is 17.6 Å². The number of carbonyl (C=O) groups excluding carboxylic acids is 1. The summed E-state index contributed by atoms with van der Waals surface area (Å²) in [6.07, 6.45) is 10.6. The summed E-state index contributed by atoms with van der Waals surface area (Å²) in [5.74, 6) is -0.825. The number of benzene rings is 2. The van der Waals surface area contributed by atoms with Gasteiger partial charge < -0.3 is 25.0 Å². The topological polar surface area (TPSA) is 108 Å². The van der Waals surface area contributed by atoms with Crippen LogP contribution in [0.15, 0.2) is 61.2 Å². The maximum absolute atomic E-state index is 12.4. The Morgan fingerprint density at radius 1 is 0.929 bits per heavy atom. The molecule has 2 aromatic rings. The van der Waals surface area contributed by atoms with Crippen LogP contribution in [-0.2, 0) is 25.7 Å². The van der Waals surface area contributed by atoms with Crippen LogP contribution in [0.4, 0.5) is 5.69 Å². The summed E-state index contributed by atoms with van der Waals surface area (Å²) in [6.45, 7) is 5.65. The molecule has 8 heteroatoms. The lowest BCUT2D eigenvalue weighted by molar-refractivity contribution is -0.253. The number of hydrogen-bond donors (Lipinski definition) is 3. The predicted molar refractivity (Wildman–Crippen MR) is 163 cm³/mol. The molecule has 4 rings (SSSR count). The first-order valence-corrected chi connectivity index (χ1v) is 15.4. The Morgan fingerprint density at radius 3 is 2.24 bits per heavy atom. The molecule has 0 spiro atoms. The number of carboxylic acids is 1. The molecule has 1 aliphatic carbocycles. The average Bonchev–Trinajstić information content (AvgIpc) is 3.54.